The fourth-order valence-corrected chi connectivity index (χ4v) is 4.14. The van der Waals surface area contributed by atoms with Crippen molar-refractivity contribution >= 4 is 23.2 Å². The molecule has 2 aromatic carbocycles. The van der Waals surface area contributed by atoms with Gasteiger partial charge in [0.25, 0.3) is 16.7 Å². The lowest BCUT2D eigenvalue weighted by Crippen LogP contribution is -2.30. The second-order valence-electron chi connectivity index (χ2n) is 8.34. The number of pyridine rings is 1. The molecule has 5 rings (SSSR count). The molecular formula is C28H21N5O5. The zero-order valence-corrected chi connectivity index (χ0v) is 20.1. The van der Waals surface area contributed by atoms with Gasteiger partial charge in [0.15, 0.2) is 0 Å². The third kappa shape index (κ3) is 4.27. The number of H-pyrrole nitrogens is 3. The fraction of sp³-hybridized carbons (Fsp3) is 0.0357. The van der Waals surface area contributed by atoms with Crippen molar-refractivity contribution in [2.45, 2.75) is 6.92 Å². The highest BCUT2D eigenvalue weighted by atomic mass is 16.3. The Morgan fingerprint density at radius 3 is 2.16 bits per heavy atom. The lowest BCUT2D eigenvalue weighted by molar-refractivity contribution is 0.429. The van der Waals surface area contributed by atoms with Crippen molar-refractivity contribution in [2.75, 3.05) is 0 Å². The summed E-state index contributed by atoms with van der Waals surface area (Å²) in [6.45, 7) is 1.69. The average molecular weight is 508 g/mol. The third-order valence-electron chi connectivity index (χ3n) is 5.99. The molecule has 0 saturated carbocycles. The summed E-state index contributed by atoms with van der Waals surface area (Å²) in [5.74, 6) is -0.533. The Hall–Kier alpha value is -5.60. The molecule has 4 N–H and O–H groups in total. The van der Waals surface area contributed by atoms with Crippen LogP contribution in [0.5, 0.6) is 5.88 Å². The predicted molar refractivity (Wildman–Crippen MR) is 145 cm³/mol. The SMILES string of the molecule is Cc1c(C=CC=C=Cc2c(O)n(-c3ccccc3)c(=O)[nH]c2=O)c(=O)[nH]c2[nH]n(-c3ccccc3)c(=O)c12. The predicted octanol–water partition coefficient (Wildman–Crippen LogP) is 2.74. The van der Waals surface area contributed by atoms with Crippen LogP contribution < -0.4 is 22.4 Å². The van der Waals surface area contributed by atoms with Crippen LogP contribution in [-0.4, -0.2) is 29.4 Å². The van der Waals surface area contributed by atoms with Gasteiger partial charge in [-0.2, -0.15) is 0 Å². The second kappa shape index (κ2) is 9.81. The lowest BCUT2D eigenvalue weighted by atomic mass is 10.1. The second-order valence-corrected chi connectivity index (χ2v) is 8.34. The quantitative estimate of drug-likeness (QED) is 0.213. The number of allylic oxidation sites excluding steroid dienone is 2. The van der Waals surface area contributed by atoms with Crippen LogP contribution in [0.2, 0.25) is 0 Å². The van der Waals surface area contributed by atoms with Crippen molar-refractivity contribution in [2.24, 2.45) is 0 Å². The zero-order chi connectivity index (χ0) is 26.8. The van der Waals surface area contributed by atoms with E-state index in [2.05, 4.69) is 20.8 Å². The van der Waals surface area contributed by atoms with Crippen molar-refractivity contribution in [3.05, 3.63) is 137 Å². The van der Waals surface area contributed by atoms with Crippen LogP contribution in [0, 0.1) is 6.92 Å². The maximum atomic E-state index is 13.0. The van der Waals surface area contributed by atoms with E-state index in [-0.39, 0.29) is 16.7 Å². The van der Waals surface area contributed by atoms with Crippen molar-refractivity contribution in [1.82, 2.24) is 24.3 Å². The molecule has 0 atom stereocenters. The molecule has 0 fully saturated rings. The van der Waals surface area contributed by atoms with Crippen molar-refractivity contribution in [1.29, 1.82) is 0 Å². The van der Waals surface area contributed by atoms with E-state index in [0.717, 1.165) is 4.57 Å². The lowest BCUT2D eigenvalue weighted by Gasteiger charge is -2.08. The smallest absolute Gasteiger partial charge is 0.335 e. The van der Waals surface area contributed by atoms with Crippen LogP contribution in [0.3, 0.4) is 0 Å². The van der Waals surface area contributed by atoms with Crippen LogP contribution in [0.1, 0.15) is 16.7 Å². The van der Waals surface area contributed by atoms with Gasteiger partial charge in [-0.3, -0.25) is 24.5 Å². The Balaban J connectivity index is 1.50. The minimum absolute atomic E-state index is 0.165. The number of para-hydroxylation sites is 2. The number of aromatic amines is 3. The molecule has 3 heterocycles. The molecule has 0 unspecified atom stereocenters. The molecule has 0 spiro atoms. The highest BCUT2D eigenvalue weighted by molar-refractivity contribution is 5.82. The normalized spacial score (nSPS) is 11.1. The van der Waals surface area contributed by atoms with Gasteiger partial charge in [0.2, 0.25) is 5.88 Å². The zero-order valence-electron chi connectivity index (χ0n) is 20.1. The van der Waals surface area contributed by atoms with Crippen LogP contribution in [0.25, 0.3) is 34.6 Å². The van der Waals surface area contributed by atoms with E-state index in [1.54, 1.807) is 61.5 Å². The Bertz CT molecular complexity index is 2000. The van der Waals surface area contributed by atoms with Gasteiger partial charge >= 0.3 is 5.69 Å². The van der Waals surface area contributed by atoms with Gasteiger partial charge in [0.05, 0.1) is 16.8 Å². The maximum Gasteiger partial charge on any atom is 0.335 e. The summed E-state index contributed by atoms with van der Waals surface area (Å²) in [6.07, 6.45) is 5.69. The number of aromatic hydroxyl groups is 1. The van der Waals surface area contributed by atoms with Gasteiger partial charge in [-0.15, -0.1) is 5.73 Å². The standard InChI is InChI=1S/C28H21N5O5/c1-17-20(24(34)29-23-22(17)27(37)33(31-23)19-13-7-3-8-14-19)15-9-4-10-16-21-25(35)30-28(38)32(26(21)36)18-11-5-2-6-12-18/h2-9,11-16,36H,1H3,(H2,29,31,34)(H,30,35,38). The number of benzene rings is 2. The van der Waals surface area contributed by atoms with E-state index in [1.165, 1.54) is 29.0 Å². The molecule has 0 aliphatic rings. The monoisotopic (exact) mass is 507 g/mol. The number of nitrogens with zero attached hydrogens (tertiary/aromatic N) is 2. The number of aromatic nitrogens is 5. The first-order chi connectivity index (χ1) is 18.4. The van der Waals surface area contributed by atoms with Crippen LogP contribution >= 0.6 is 0 Å². The van der Waals surface area contributed by atoms with Crippen molar-refractivity contribution in [3.63, 3.8) is 0 Å². The summed E-state index contributed by atoms with van der Waals surface area (Å²) in [4.78, 5) is 55.1. The highest BCUT2D eigenvalue weighted by Gasteiger charge is 2.15. The number of hydrogen-bond acceptors (Lipinski definition) is 5. The van der Waals surface area contributed by atoms with E-state index < -0.39 is 22.7 Å². The van der Waals surface area contributed by atoms with E-state index >= 15 is 0 Å². The Morgan fingerprint density at radius 1 is 0.842 bits per heavy atom. The highest BCUT2D eigenvalue weighted by Crippen LogP contribution is 2.17. The summed E-state index contributed by atoms with van der Waals surface area (Å²) in [7, 11) is 0. The van der Waals surface area contributed by atoms with Crippen LogP contribution in [0.15, 0.2) is 97.7 Å². The van der Waals surface area contributed by atoms with Gasteiger partial charge in [-0.05, 0) is 55.0 Å². The molecule has 0 amide bonds. The van der Waals surface area contributed by atoms with Gasteiger partial charge in [0.1, 0.15) is 11.2 Å². The number of nitrogens with one attached hydrogen (secondary N) is 3. The first-order valence-electron chi connectivity index (χ1n) is 11.5. The molecule has 10 heteroatoms. The van der Waals surface area contributed by atoms with Crippen LogP contribution in [-0.2, 0) is 0 Å². The van der Waals surface area contributed by atoms with Crippen molar-refractivity contribution < 1.29 is 5.11 Å². The molecule has 3 aromatic heterocycles. The molecule has 10 nitrogen and oxygen atoms in total. The number of aryl methyl sites for hydroxylation is 1. The molecule has 0 aliphatic heterocycles. The number of rotatable bonds is 5. The Morgan fingerprint density at radius 2 is 1.47 bits per heavy atom. The Kier molecular flexibility index (Phi) is 6.22. The summed E-state index contributed by atoms with van der Waals surface area (Å²) < 4.78 is 2.34. The number of fused-ring (bicyclic) bond motifs is 1. The van der Waals surface area contributed by atoms with Gasteiger partial charge in [-0.25, -0.2) is 14.0 Å². The number of hydrogen-bond donors (Lipinski definition) is 4. The maximum absolute atomic E-state index is 13.0. The van der Waals surface area contributed by atoms with E-state index in [0.29, 0.717) is 28.0 Å². The molecular weight excluding hydrogens is 486 g/mol. The largest absolute Gasteiger partial charge is 0.494 e. The fourth-order valence-electron chi connectivity index (χ4n) is 4.14. The molecule has 0 aliphatic carbocycles. The molecule has 0 bridgehead atoms. The van der Waals surface area contributed by atoms with Gasteiger partial charge < -0.3 is 10.1 Å². The third-order valence-corrected chi connectivity index (χ3v) is 5.99. The van der Waals surface area contributed by atoms with Gasteiger partial charge in [-0.1, -0.05) is 42.5 Å². The molecule has 5 aromatic rings. The first kappa shape index (κ1) is 24.1. The van der Waals surface area contributed by atoms with Crippen molar-refractivity contribution in [3.8, 4) is 17.3 Å². The average Bonchev–Trinajstić information content (AvgIpc) is 3.24. The molecule has 0 radical (unpaired) electrons. The first-order valence-corrected chi connectivity index (χ1v) is 11.5. The van der Waals surface area contributed by atoms with Crippen LogP contribution in [0.4, 0.5) is 0 Å². The van der Waals surface area contributed by atoms with Gasteiger partial charge in [0, 0.05) is 5.56 Å². The molecule has 38 heavy (non-hydrogen) atoms. The van der Waals surface area contributed by atoms with E-state index in [4.69, 9.17) is 0 Å². The molecule has 188 valence electrons. The van der Waals surface area contributed by atoms with E-state index in [9.17, 15) is 24.3 Å². The summed E-state index contributed by atoms with van der Waals surface area (Å²) in [5, 5.41) is 13.9. The summed E-state index contributed by atoms with van der Waals surface area (Å²) in [6, 6.07) is 17.4. The summed E-state index contributed by atoms with van der Waals surface area (Å²) >= 11 is 0. The minimum Gasteiger partial charge on any atom is -0.494 e. The molecule has 0 saturated heterocycles. The topological polar surface area (TPSA) is 146 Å². The van der Waals surface area contributed by atoms with E-state index in [1.807, 2.05) is 6.07 Å². The summed E-state index contributed by atoms with van der Waals surface area (Å²) in [5.41, 5.74) is 2.45. The Labute approximate surface area is 213 Å². The minimum atomic E-state index is -0.777.